The Morgan fingerprint density at radius 3 is 2.71 bits per heavy atom. The fourth-order valence-corrected chi connectivity index (χ4v) is 2.08. The smallest absolute Gasteiger partial charge is 0.310 e. The minimum atomic E-state index is -0.488. The highest BCUT2D eigenvalue weighted by molar-refractivity contribution is 5.83. The van der Waals surface area contributed by atoms with Crippen molar-refractivity contribution in [3.05, 3.63) is 33.7 Å². The van der Waals surface area contributed by atoms with Gasteiger partial charge in [0.1, 0.15) is 11.3 Å². The van der Waals surface area contributed by atoms with E-state index in [9.17, 15) is 14.7 Å². The Balaban J connectivity index is 2.60. The average Bonchev–Trinajstić information content (AvgIpc) is 2.43. The van der Waals surface area contributed by atoms with E-state index < -0.39 is 5.97 Å². The minimum absolute atomic E-state index is 0.120. The Kier molecular flexibility index (Phi) is 4.16. The molecule has 112 valence electrons. The molecule has 1 aromatic heterocycles. The summed E-state index contributed by atoms with van der Waals surface area (Å²) in [6.45, 7) is 3.54. The van der Waals surface area contributed by atoms with Crippen molar-refractivity contribution in [1.82, 2.24) is 0 Å². The lowest BCUT2D eigenvalue weighted by Gasteiger charge is -2.09. The summed E-state index contributed by atoms with van der Waals surface area (Å²) in [4.78, 5) is 24.0. The summed E-state index contributed by atoms with van der Waals surface area (Å²) in [5, 5.41) is 9.96. The molecule has 1 aromatic carbocycles. The molecule has 0 radical (unpaired) electrons. The van der Waals surface area contributed by atoms with E-state index in [1.165, 1.54) is 19.2 Å². The number of aryl methyl sites for hydroxylation is 1. The zero-order chi connectivity index (χ0) is 15.6. The first kappa shape index (κ1) is 14.9. The number of ether oxygens (including phenoxy) is 2. The Morgan fingerprint density at radius 2 is 2.10 bits per heavy atom. The molecule has 0 bridgehead atoms. The number of fused-ring (bicyclic) bond motifs is 1. The summed E-state index contributed by atoms with van der Waals surface area (Å²) in [5.41, 5.74) is 0.150. The van der Waals surface area contributed by atoms with Crippen LogP contribution in [-0.2, 0) is 16.0 Å². The van der Waals surface area contributed by atoms with Crippen molar-refractivity contribution in [2.24, 2.45) is 0 Å². The molecule has 0 spiro atoms. The van der Waals surface area contributed by atoms with Crippen LogP contribution in [0.15, 0.2) is 21.3 Å². The summed E-state index contributed by atoms with van der Waals surface area (Å²) in [6.07, 6.45) is -0.152. The summed E-state index contributed by atoms with van der Waals surface area (Å²) in [5.74, 6) is -0.116. The number of phenolic OH excluding ortho intramolecular Hbond substituents is 1. The molecule has 0 fully saturated rings. The highest BCUT2D eigenvalue weighted by Gasteiger charge is 2.17. The largest absolute Gasteiger partial charge is 0.504 e. The SMILES string of the molecule is CCOC(=O)Cc1c(C)oc2cc(O)c(OC)cc2c1=O. The first-order valence-electron chi connectivity index (χ1n) is 6.46. The highest BCUT2D eigenvalue weighted by Crippen LogP contribution is 2.30. The van der Waals surface area contributed by atoms with Crippen molar-refractivity contribution in [3.63, 3.8) is 0 Å². The molecule has 0 saturated carbocycles. The fourth-order valence-electron chi connectivity index (χ4n) is 2.08. The third-order valence-corrected chi connectivity index (χ3v) is 3.11. The van der Waals surface area contributed by atoms with Crippen molar-refractivity contribution >= 4 is 16.9 Å². The lowest BCUT2D eigenvalue weighted by Crippen LogP contribution is -2.17. The lowest BCUT2D eigenvalue weighted by molar-refractivity contribution is -0.142. The molecule has 6 nitrogen and oxygen atoms in total. The van der Waals surface area contributed by atoms with E-state index in [1.807, 2.05) is 0 Å². The lowest BCUT2D eigenvalue weighted by atomic mass is 10.1. The van der Waals surface area contributed by atoms with Crippen molar-refractivity contribution in [2.75, 3.05) is 13.7 Å². The number of benzene rings is 1. The summed E-state index contributed by atoms with van der Waals surface area (Å²) >= 11 is 0. The molecule has 1 N–H and O–H groups in total. The first-order chi connectivity index (χ1) is 9.97. The third kappa shape index (κ3) is 2.84. The van der Waals surface area contributed by atoms with Crippen LogP contribution < -0.4 is 10.2 Å². The molecule has 1 heterocycles. The number of phenols is 1. The van der Waals surface area contributed by atoms with Gasteiger partial charge in [0.2, 0.25) is 0 Å². The minimum Gasteiger partial charge on any atom is -0.504 e. The number of hydrogen-bond acceptors (Lipinski definition) is 6. The molecular formula is C15H16O6. The van der Waals surface area contributed by atoms with Gasteiger partial charge in [-0.05, 0) is 19.9 Å². The third-order valence-electron chi connectivity index (χ3n) is 3.11. The van der Waals surface area contributed by atoms with E-state index in [2.05, 4.69) is 0 Å². The first-order valence-corrected chi connectivity index (χ1v) is 6.46. The number of methoxy groups -OCH3 is 1. The van der Waals surface area contributed by atoms with Gasteiger partial charge in [-0.15, -0.1) is 0 Å². The van der Waals surface area contributed by atoms with E-state index in [-0.39, 0.29) is 46.5 Å². The van der Waals surface area contributed by atoms with E-state index in [0.29, 0.717) is 5.76 Å². The Morgan fingerprint density at radius 1 is 1.38 bits per heavy atom. The van der Waals surface area contributed by atoms with Gasteiger partial charge in [-0.2, -0.15) is 0 Å². The van der Waals surface area contributed by atoms with Gasteiger partial charge in [0, 0.05) is 11.6 Å². The van der Waals surface area contributed by atoms with E-state index in [0.717, 1.165) is 0 Å². The fraction of sp³-hybridized carbons (Fsp3) is 0.333. The van der Waals surface area contributed by atoms with E-state index in [4.69, 9.17) is 13.9 Å². The molecular weight excluding hydrogens is 276 g/mol. The predicted octanol–water partition coefficient (Wildman–Crippen LogP) is 1.92. The van der Waals surface area contributed by atoms with E-state index in [1.54, 1.807) is 13.8 Å². The van der Waals surface area contributed by atoms with Gasteiger partial charge in [0.25, 0.3) is 0 Å². The molecule has 0 aliphatic heterocycles. The van der Waals surface area contributed by atoms with Crippen molar-refractivity contribution in [3.8, 4) is 11.5 Å². The van der Waals surface area contributed by atoms with Crippen LogP contribution in [-0.4, -0.2) is 24.8 Å². The van der Waals surface area contributed by atoms with Crippen LogP contribution in [0.4, 0.5) is 0 Å². The number of carbonyl (C=O) groups is 1. The monoisotopic (exact) mass is 292 g/mol. The topological polar surface area (TPSA) is 86.0 Å². The van der Waals surface area contributed by atoms with Gasteiger partial charge in [-0.25, -0.2) is 0 Å². The molecule has 0 unspecified atom stereocenters. The molecule has 2 rings (SSSR count). The molecule has 6 heteroatoms. The number of esters is 1. The maximum absolute atomic E-state index is 12.5. The van der Waals surface area contributed by atoms with Crippen LogP contribution >= 0.6 is 0 Å². The second-order valence-corrected chi connectivity index (χ2v) is 4.47. The van der Waals surface area contributed by atoms with Crippen LogP contribution in [0.5, 0.6) is 11.5 Å². The second-order valence-electron chi connectivity index (χ2n) is 4.47. The second kappa shape index (κ2) is 5.87. The molecule has 0 saturated heterocycles. The average molecular weight is 292 g/mol. The van der Waals surface area contributed by atoms with Gasteiger partial charge >= 0.3 is 5.97 Å². The number of carbonyl (C=O) groups excluding carboxylic acids is 1. The zero-order valence-electron chi connectivity index (χ0n) is 12.1. The normalized spacial score (nSPS) is 10.6. The number of aromatic hydroxyl groups is 1. The van der Waals surface area contributed by atoms with Gasteiger partial charge in [0.15, 0.2) is 16.9 Å². The highest BCUT2D eigenvalue weighted by atomic mass is 16.5. The maximum Gasteiger partial charge on any atom is 0.310 e. The Hall–Kier alpha value is -2.50. The van der Waals surface area contributed by atoms with Crippen molar-refractivity contribution in [2.45, 2.75) is 20.3 Å². The standard InChI is InChI=1S/C15H16O6/c1-4-20-14(17)6-9-8(2)21-12-7-11(16)13(19-3)5-10(12)15(9)18/h5,7,16H,4,6H2,1-3H3. The molecule has 0 aliphatic carbocycles. The Labute approximate surface area is 120 Å². The number of rotatable bonds is 4. The molecule has 0 amide bonds. The van der Waals surface area contributed by atoms with Crippen LogP contribution in [0.3, 0.4) is 0 Å². The maximum atomic E-state index is 12.5. The quantitative estimate of drug-likeness (QED) is 0.866. The van der Waals surface area contributed by atoms with Gasteiger partial charge in [-0.3, -0.25) is 9.59 Å². The molecule has 2 aromatic rings. The zero-order valence-corrected chi connectivity index (χ0v) is 12.1. The van der Waals surface area contributed by atoms with Crippen LogP contribution in [0, 0.1) is 6.92 Å². The summed E-state index contributed by atoms with van der Waals surface area (Å²) in [6, 6.07) is 2.71. The molecule has 21 heavy (non-hydrogen) atoms. The van der Waals surface area contributed by atoms with Crippen molar-refractivity contribution in [1.29, 1.82) is 0 Å². The van der Waals surface area contributed by atoms with E-state index >= 15 is 0 Å². The molecule has 0 aliphatic rings. The van der Waals surface area contributed by atoms with Crippen LogP contribution in [0.2, 0.25) is 0 Å². The van der Waals surface area contributed by atoms with Gasteiger partial charge in [0.05, 0.1) is 25.5 Å². The predicted molar refractivity (Wildman–Crippen MR) is 75.8 cm³/mol. The van der Waals surface area contributed by atoms with Crippen LogP contribution in [0.1, 0.15) is 18.2 Å². The number of hydrogen-bond donors (Lipinski definition) is 1. The molecule has 0 atom stereocenters. The van der Waals surface area contributed by atoms with Crippen LogP contribution in [0.25, 0.3) is 11.0 Å². The summed E-state index contributed by atoms with van der Waals surface area (Å²) in [7, 11) is 1.39. The van der Waals surface area contributed by atoms with Crippen molar-refractivity contribution < 1.29 is 23.8 Å². The summed E-state index contributed by atoms with van der Waals surface area (Å²) < 4.78 is 15.3. The van der Waals surface area contributed by atoms with Gasteiger partial charge < -0.3 is 19.0 Å². The van der Waals surface area contributed by atoms with Gasteiger partial charge in [-0.1, -0.05) is 0 Å². The Bertz CT molecular complexity index is 744.